The summed E-state index contributed by atoms with van der Waals surface area (Å²) < 4.78 is 0. The second kappa shape index (κ2) is 6.77. The van der Waals surface area contributed by atoms with Crippen LogP contribution in [0.2, 0.25) is 0 Å². The minimum Gasteiger partial charge on any atom is -0.410 e. The molecule has 0 fully saturated rings. The van der Waals surface area contributed by atoms with Crippen LogP contribution in [0.3, 0.4) is 0 Å². The second-order valence-corrected chi connectivity index (χ2v) is 3.78. The minimum absolute atomic E-state index is 0.226. The van der Waals surface area contributed by atoms with Gasteiger partial charge in [0.05, 0.1) is 6.04 Å². The molecule has 0 heterocycles. The van der Waals surface area contributed by atoms with Gasteiger partial charge in [-0.05, 0) is 12.7 Å². The number of likely N-dealkylation sites (N-methyl/N-ethyl adjacent to an activating group) is 1. The Balaban J connectivity index is 4.37. The van der Waals surface area contributed by atoms with Gasteiger partial charge in [0.25, 0.3) is 0 Å². The number of rotatable bonds is 6. The molecule has 5 heteroatoms. The van der Waals surface area contributed by atoms with Crippen LogP contribution in [0.5, 0.6) is 0 Å². The summed E-state index contributed by atoms with van der Waals surface area (Å²) in [6.45, 7) is 2.03. The zero-order valence-corrected chi connectivity index (χ0v) is 8.99. The zero-order valence-electron chi connectivity index (χ0n) is 8.17. The SMILES string of the molecule is CCC(SC)C(C=O)N(C)C=NO. The maximum atomic E-state index is 10.8. The predicted molar refractivity (Wildman–Crippen MR) is 55.5 cm³/mol. The highest BCUT2D eigenvalue weighted by Crippen LogP contribution is 2.16. The molecular formula is C8H16N2O2S. The van der Waals surface area contributed by atoms with Gasteiger partial charge in [0, 0.05) is 12.3 Å². The molecule has 0 amide bonds. The monoisotopic (exact) mass is 204 g/mol. The topological polar surface area (TPSA) is 52.9 Å². The van der Waals surface area contributed by atoms with Crippen LogP contribution in [0.1, 0.15) is 13.3 Å². The van der Waals surface area contributed by atoms with Gasteiger partial charge in [-0.25, -0.2) is 0 Å². The van der Waals surface area contributed by atoms with Gasteiger partial charge in [-0.1, -0.05) is 12.1 Å². The smallest absolute Gasteiger partial charge is 0.143 e. The molecule has 0 aliphatic carbocycles. The Hall–Kier alpha value is -0.710. The first-order valence-corrected chi connectivity index (χ1v) is 5.37. The lowest BCUT2D eigenvalue weighted by molar-refractivity contribution is -0.110. The van der Waals surface area contributed by atoms with E-state index in [-0.39, 0.29) is 11.3 Å². The molecule has 0 saturated heterocycles. The van der Waals surface area contributed by atoms with Gasteiger partial charge >= 0.3 is 0 Å². The maximum Gasteiger partial charge on any atom is 0.143 e. The van der Waals surface area contributed by atoms with Crippen LogP contribution in [0, 0.1) is 0 Å². The Kier molecular flexibility index (Phi) is 6.40. The van der Waals surface area contributed by atoms with E-state index in [1.807, 2.05) is 13.2 Å². The molecule has 0 aliphatic heterocycles. The molecule has 4 nitrogen and oxygen atoms in total. The van der Waals surface area contributed by atoms with Gasteiger partial charge in [0.2, 0.25) is 0 Å². The Morgan fingerprint density at radius 2 is 2.31 bits per heavy atom. The van der Waals surface area contributed by atoms with Crippen molar-refractivity contribution in [1.82, 2.24) is 4.90 Å². The molecule has 0 radical (unpaired) electrons. The van der Waals surface area contributed by atoms with Crippen molar-refractivity contribution >= 4 is 24.4 Å². The van der Waals surface area contributed by atoms with E-state index >= 15 is 0 Å². The number of oxime groups is 1. The van der Waals surface area contributed by atoms with Gasteiger partial charge in [0.1, 0.15) is 12.6 Å². The molecule has 0 rings (SSSR count). The van der Waals surface area contributed by atoms with Crippen LogP contribution in [0.4, 0.5) is 0 Å². The standard InChI is InChI=1S/C8H16N2O2S/c1-4-8(13-3)7(5-11)10(2)6-9-12/h5-8,12H,4H2,1-3H3. The zero-order chi connectivity index (χ0) is 10.3. The summed E-state index contributed by atoms with van der Waals surface area (Å²) in [5.41, 5.74) is 0. The minimum atomic E-state index is -0.226. The third-order valence-electron chi connectivity index (χ3n) is 1.93. The van der Waals surface area contributed by atoms with Gasteiger partial charge in [-0.15, -0.1) is 0 Å². The summed E-state index contributed by atoms with van der Waals surface area (Å²) in [6, 6.07) is -0.226. The molecule has 0 saturated carbocycles. The van der Waals surface area contributed by atoms with Crippen LogP contribution < -0.4 is 0 Å². The van der Waals surface area contributed by atoms with Crippen LogP contribution >= 0.6 is 11.8 Å². The number of nitrogens with zero attached hydrogens (tertiary/aromatic N) is 2. The van der Waals surface area contributed by atoms with Crippen LogP contribution in [-0.4, -0.2) is 47.3 Å². The van der Waals surface area contributed by atoms with Crippen molar-refractivity contribution in [1.29, 1.82) is 0 Å². The van der Waals surface area contributed by atoms with E-state index in [9.17, 15) is 4.79 Å². The first-order chi connectivity index (χ1) is 6.21. The van der Waals surface area contributed by atoms with Crippen LogP contribution in [0.15, 0.2) is 5.16 Å². The largest absolute Gasteiger partial charge is 0.410 e. The molecular weight excluding hydrogens is 188 g/mol. The van der Waals surface area contributed by atoms with Gasteiger partial charge in [-0.3, -0.25) is 0 Å². The summed E-state index contributed by atoms with van der Waals surface area (Å²) in [4.78, 5) is 12.4. The Morgan fingerprint density at radius 3 is 2.62 bits per heavy atom. The normalized spacial score (nSPS) is 15.6. The molecule has 2 atom stereocenters. The first-order valence-electron chi connectivity index (χ1n) is 4.08. The van der Waals surface area contributed by atoms with E-state index in [1.165, 1.54) is 6.34 Å². The summed E-state index contributed by atoms with van der Waals surface area (Å²) in [5, 5.41) is 11.4. The van der Waals surface area contributed by atoms with Gasteiger partial charge in [0.15, 0.2) is 0 Å². The molecule has 0 aromatic rings. The van der Waals surface area contributed by atoms with Crippen molar-refractivity contribution in [3.05, 3.63) is 0 Å². The Labute approximate surface area is 83.0 Å². The van der Waals surface area contributed by atoms with E-state index in [4.69, 9.17) is 5.21 Å². The van der Waals surface area contributed by atoms with E-state index in [1.54, 1.807) is 23.7 Å². The number of thioether (sulfide) groups is 1. The fraction of sp³-hybridized carbons (Fsp3) is 0.750. The van der Waals surface area contributed by atoms with E-state index in [2.05, 4.69) is 5.16 Å². The third-order valence-corrected chi connectivity index (χ3v) is 3.15. The van der Waals surface area contributed by atoms with Crippen molar-refractivity contribution in [3.63, 3.8) is 0 Å². The van der Waals surface area contributed by atoms with E-state index < -0.39 is 0 Å². The lowest BCUT2D eigenvalue weighted by Crippen LogP contribution is -2.40. The quantitative estimate of drug-likeness (QED) is 0.231. The average Bonchev–Trinajstić information content (AvgIpc) is 2.14. The van der Waals surface area contributed by atoms with Gasteiger partial charge in [-0.2, -0.15) is 11.8 Å². The van der Waals surface area contributed by atoms with Crippen molar-refractivity contribution < 1.29 is 10.0 Å². The molecule has 13 heavy (non-hydrogen) atoms. The second-order valence-electron chi connectivity index (χ2n) is 2.71. The van der Waals surface area contributed by atoms with Crippen LogP contribution in [0.25, 0.3) is 0 Å². The van der Waals surface area contributed by atoms with Crippen molar-refractivity contribution in [2.24, 2.45) is 5.16 Å². The Bertz CT molecular complexity index is 172. The summed E-state index contributed by atoms with van der Waals surface area (Å²) >= 11 is 1.64. The highest BCUT2D eigenvalue weighted by Gasteiger charge is 2.21. The highest BCUT2D eigenvalue weighted by atomic mass is 32.2. The van der Waals surface area contributed by atoms with E-state index in [0.29, 0.717) is 0 Å². The molecule has 2 unspecified atom stereocenters. The molecule has 0 aromatic heterocycles. The number of carbonyl (C=O) groups excluding carboxylic acids is 1. The third kappa shape index (κ3) is 3.67. The molecule has 1 N–H and O–H groups in total. The lowest BCUT2D eigenvalue weighted by Gasteiger charge is -2.26. The fourth-order valence-corrected chi connectivity index (χ4v) is 2.02. The lowest BCUT2D eigenvalue weighted by atomic mass is 10.1. The fourth-order valence-electron chi connectivity index (χ4n) is 1.15. The summed E-state index contributed by atoms with van der Waals surface area (Å²) in [5.74, 6) is 0. The first kappa shape index (κ1) is 12.3. The summed E-state index contributed by atoms with van der Waals surface area (Å²) in [6.07, 6.45) is 5.01. The average molecular weight is 204 g/mol. The van der Waals surface area contributed by atoms with Crippen LogP contribution in [-0.2, 0) is 4.79 Å². The number of aldehydes is 1. The van der Waals surface area contributed by atoms with Gasteiger partial charge < -0.3 is 14.9 Å². The number of carbonyl (C=O) groups is 1. The maximum absolute atomic E-state index is 10.8. The number of hydrogen-bond acceptors (Lipinski definition) is 4. The number of hydrogen-bond donors (Lipinski definition) is 1. The molecule has 0 aromatic carbocycles. The molecule has 0 aliphatic rings. The Morgan fingerprint density at radius 1 is 1.69 bits per heavy atom. The van der Waals surface area contributed by atoms with E-state index in [0.717, 1.165) is 12.7 Å². The summed E-state index contributed by atoms with van der Waals surface area (Å²) in [7, 11) is 1.72. The van der Waals surface area contributed by atoms with Crippen molar-refractivity contribution in [2.45, 2.75) is 24.6 Å². The molecule has 0 spiro atoms. The highest BCUT2D eigenvalue weighted by molar-refractivity contribution is 7.99. The molecule has 0 bridgehead atoms. The molecule has 76 valence electrons. The van der Waals surface area contributed by atoms with Crippen molar-refractivity contribution in [2.75, 3.05) is 13.3 Å². The predicted octanol–water partition coefficient (Wildman–Crippen LogP) is 1.04. The van der Waals surface area contributed by atoms with Crippen molar-refractivity contribution in [3.8, 4) is 0 Å².